The van der Waals surface area contributed by atoms with Crippen LogP contribution in [-0.4, -0.2) is 0 Å². The van der Waals surface area contributed by atoms with Gasteiger partial charge in [-0.2, -0.15) is 0 Å². The van der Waals surface area contributed by atoms with Crippen molar-refractivity contribution >= 4 is 92.4 Å². The number of anilines is 3. The van der Waals surface area contributed by atoms with Crippen molar-refractivity contribution in [2.24, 2.45) is 0 Å². The van der Waals surface area contributed by atoms with E-state index in [1.54, 1.807) is 11.3 Å². The molecular weight excluding hydrogens is 655 g/mol. The maximum Gasteiger partial charge on any atom is 0.137 e. The summed E-state index contributed by atoms with van der Waals surface area (Å²) >= 11 is 1.68. The topological polar surface area (TPSA) is 29.5 Å². The largest absolute Gasteiger partial charge is 0.456 e. The summed E-state index contributed by atoms with van der Waals surface area (Å²) in [6, 6.07) is 41.9. The van der Waals surface area contributed by atoms with Gasteiger partial charge in [0.05, 0.1) is 20.7 Å². The fourth-order valence-electron chi connectivity index (χ4n) is 7.44. The Hall–Kier alpha value is -6.62. The van der Waals surface area contributed by atoms with Crippen molar-refractivity contribution in [1.29, 1.82) is 0 Å². The van der Waals surface area contributed by atoms with Crippen molar-refractivity contribution in [2.75, 3.05) is 4.90 Å². The van der Waals surface area contributed by atoms with Gasteiger partial charge in [-0.25, -0.2) is 0 Å². The Morgan fingerprint density at radius 3 is 2.12 bits per heavy atom. The quantitative estimate of drug-likeness (QED) is 0.180. The third kappa shape index (κ3) is 4.51. The van der Waals surface area contributed by atoms with Crippen LogP contribution in [0.2, 0.25) is 0 Å². The first-order valence-electron chi connectivity index (χ1n) is 20.4. The minimum absolute atomic E-state index is 0.0559. The van der Waals surface area contributed by atoms with E-state index in [1.807, 2.05) is 89.8 Å². The lowest BCUT2D eigenvalue weighted by Crippen LogP contribution is -2.10. The number of fused-ring (bicyclic) bond motifs is 9. The first-order chi connectivity index (χ1) is 28.7. The Bertz CT molecular complexity index is 3540. The number of furan rings is 2. The van der Waals surface area contributed by atoms with E-state index >= 15 is 0 Å². The average Bonchev–Trinajstić information content (AvgIpc) is 3.97. The van der Waals surface area contributed by atoms with Crippen LogP contribution in [0.5, 0.6) is 0 Å². The molecule has 11 aromatic rings. The van der Waals surface area contributed by atoms with Crippen LogP contribution in [0.25, 0.3) is 86.3 Å². The first-order valence-corrected chi connectivity index (χ1v) is 17.7. The minimum Gasteiger partial charge on any atom is -0.456 e. The zero-order valence-electron chi connectivity index (χ0n) is 34.4. The maximum atomic E-state index is 9.49. The Morgan fingerprint density at radius 1 is 0.442 bits per heavy atom. The van der Waals surface area contributed by atoms with Gasteiger partial charge in [0.25, 0.3) is 0 Å². The predicted octanol–water partition coefficient (Wildman–Crippen LogP) is 14.7. The first kappa shape index (κ1) is 23.0. The highest BCUT2D eigenvalue weighted by Gasteiger charge is 2.21. The van der Waals surface area contributed by atoms with Crippen LogP contribution in [-0.2, 0) is 0 Å². The molecule has 3 aromatic heterocycles. The van der Waals surface area contributed by atoms with Gasteiger partial charge < -0.3 is 13.7 Å². The molecule has 8 aromatic carbocycles. The third-order valence-electron chi connectivity index (χ3n) is 9.81. The van der Waals surface area contributed by atoms with Crippen molar-refractivity contribution in [3.8, 4) is 22.3 Å². The van der Waals surface area contributed by atoms with Crippen LogP contribution in [0.1, 0.15) is 9.60 Å². The maximum absolute atomic E-state index is 9.49. The third-order valence-corrected chi connectivity index (χ3v) is 10.9. The molecule has 0 amide bonds. The summed E-state index contributed by atoms with van der Waals surface area (Å²) < 4.78 is 76.4. The van der Waals surface area contributed by atoms with Gasteiger partial charge in [-0.1, -0.05) is 103 Å². The summed E-state index contributed by atoms with van der Waals surface area (Å²) in [6.45, 7) is 0. The fraction of sp³-hybridized carbons (Fsp3) is 0. The van der Waals surface area contributed by atoms with Crippen LogP contribution in [0.15, 0.2) is 185 Å². The number of thiophene rings is 1. The van der Waals surface area contributed by atoms with Crippen LogP contribution >= 0.6 is 11.3 Å². The lowest BCUT2D eigenvalue weighted by Gasteiger charge is -2.26. The van der Waals surface area contributed by atoms with Crippen molar-refractivity contribution in [2.45, 2.75) is 0 Å². The van der Waals surface area contributed by atoms with Crippen LogP contribution in [0.4, 0.5) is 17.1 Å². The molecule has 11 rings (SSSR count). The van der Waals surface area contributed by atoms with Crippen molar-refractivity contribution in [3.05, 3.63) is 176 Å². The molecule has 0 bridgehead atoms. The molecule has 4 heteroatoms. The zero-order valence-corrected chi connectivity index (χ0v) is 28.2. The second-order valence-corrected chi connectivity index (χ2v) is 13.8. The molecule has 0 saturated carbocycles. The summed E-state index contributed by atoms with van der Waals surface area (Å²) in [4.78, 5) is 1.85. The van der Waals surface area contributed by atoms with E-state index in [0.29, 0.717) is 11.4 Å². The SMILES string of the molecule is [2H]c1c([2H])c([2H])c2c(oc3c([2H])c([2H])c([2H])c(N(c4ccc(-c5ccccc5)cc4)c4ccc5sc6cccc(-c7ccc8oc9ccccc9c8c7)c6c5c4)c32)c1[2H]. The van der Waals surface area contributed by atoms with Crippen molar-refractivity contribution in [3.63, 3.8) is 0 Å². The van der Waals surface area contributed by atoms with Gasteiger partial charge in [0.15, 0.2) is 0 Å². The van der Waals surface area contributed by atoms with Crippen LogP contribution in [0, 0.1) is 0 Å². The van der Waals surface area contributed by atoms with E-state index in [2.05, 4.69) is 48.5 Å². The van der Waals surface area contributed by atoms with E-state index in [1.165, 1.54) is 0 Å². The van der Waals surface area contributed by atoms with Gasteiger partial charge in [-0.3, -0.25) is 0 Å². The molecule has 3 nitrogen and oxygen atoms in total. The molecule has 0 radical (unpaired) electrons. The number of hydrogen-bond donors (Lipinski definition) is 0. The van der Waals surface area contributed by atoms with Gasteiger partial charge in [0.1, 0.15) is 22.3 Å². The van der Waals surface area contributed by atoms with E-state index in [4.69, 9.17) is 17.1 Å². The molecule has 0 N–H and O–H groups in total. The van der Waals surface area contributed by atoms with Gasteiger partial charge in [0.2, 0.25) is 0 Å². The summed E-state index contributed by atoms with van der Waals surface area (Å²) in [5.41, 5.74) is 6.98. The van der Waals surface area contributed by atoms with Crippen LogP contribution < -0.4 is 4.90 Å². The lowest BCUT2D eigenvalue weighted by molar-refractivity contribution is 0.668. The number of rotatable bonds is 5. The average molecular weight is 691 g/mol. The molecule has 0 aliphatic carbocycles. The number of para-hydroxylation sites is 2. The van der Waals surface area contributed by atoms with Gasteiger partial charge in [-0.05, 0) is 95.0 Å². The number of benzene rings is 8. The normalized spacial score (nSPS) is 13.7. The van der Waals surface area contributed by atoms with E-state index in [-0.39, 0.29) is 57.8 Å². The smallest absolute Gasteiger partial charge is 0.137 e. The predicted molar refractivity (Wildman–Crippen MR) is 219 cm³/mol. The molecular formula is C48H29NO2S. The van der Waals surface area contributed by atoms with Crippen LogP contribution in [0.3, 0.4) is 0 Å². The Morgan fingerprint density at radius 2 is 1.19 bits per heavy atom. The highest BCUT2D eigenvalue weighted by molar-refractivity contribution is 7.26. The van der Waals surface area contributed by atoms with E-state index < -0.39 is 12.1 Å². The second-order valence-electron chi connectivity index (χ2n) is 12.8. The fourth-order valence-corrected chi connectivity index (χ4v) is 8.55. The second kappa shape index (κ2) is 11.5. The summed E-state index contributed by atoms with van der Waals surface area (Å²) in [5.74, 6) is 0. The monoisotopic (exact) mass is 690 g/mol. The molecule has 0 atom stereocenters. The van der Waals surface area contributed by atoms with Gasteiger partial charge >= 0.3 is 0 Å². The molecule has 3 heterocycles. The highest BCUT2D eigenvalue weighted by Crippen LogP contribution is 2.47. The standard InChI is InChI=1S/C48H29NO2S/c1-2-10-30(11-3-1)31-20-23-33(24-21-31)49(40-15-9-18-44-48(40)37-13-5-7-17-42(37)51-44)34-25-27-45-39(29-34)47-35(14-8-19-46(47)52-45)32-22-26-43-38(28-32)36-12-4-6-16-41(36)50-43/h1-29H/i5D,7D,9D,13D,15D,17D,18D. The number of nitrogens with zero attached hydrogens (tertiary/aromatic N) is 1. The Balaban J connectivity index is 1.20. The summed E-state index contributed by atoms with van der Waals surface area (Å²) in [5, 5.41) is 4.34. The molecule has 0 saturated heterocycles. The number of hydrogen-bond acceptors (Lipinski definition) is 4. The summed E-state index contributed by atoms with van der Waals surface area (Å²) in [6.07, 6.45) is 0. The van der Waals surface area contributed by atoms with Gasteiger partial charge in [-0.15, -0.1) is 11.3 Å². The molecule has 52 heavy (non-hydrogen) atoms. The van der Waals surface area contributed by atoms with E-state index in [0.717, 1.165) is 64.4 Å². The molecule has 0 spiro atoms. The lowest BCUT2D eigenvalue weighted by atomic mass is 9.97. The molecule has 0 unspecified atom stereocenters. The van der Waals surface area contributed by atoms with Crippen molar-refractivity contribution < 1.29 is 18.4 Å². The molecule has 0 aliphatic rings. The zero-order chi connectivity index (χ0) is 40.3. The molecule has 0 aliphatic heterocycles. The highest BCUT2D eigenvalue weighted by atomic mass is 32.1. The minimum atomic E-state index is -0.467. The van der Waals surface area contributed by atoms with Crippen molar-refractivity contribution in [1.82, 2.24) is 0 Å². The Kier molecular flexibility index (Phi) is 5.06. The molecule has 0 fully saturated rings. The van der Waals surface area contributed by atoms with Gasteiger partial charge in [0, 0.05) is 47.7 Å². The van der Waals surface area contributed by atoms with E-state index in [9.17, 15) is 1.37 Å². The summed E-state index contributed by atoms with van der Waals surface area (Å²) in [7, 11) is 0. The molecule has 244 valence electrons. The Labute approximate surface area is 313 Å².